The van der Waals surface area contributed by atoms with Gasteiger partial charge in [0.1, 0.15) is 5.75 Å². The molecule has 0 saturated carbocycles. The number of amides is 1. The van der Waals surface area contributed by atoms with Crippen LogP contribution >= 0.6 is 35.0 Å². The van der Waals surface area contributed by atoms with E-state index in [1.54, 1.807) is 25.3 Å². The average Bonchev–Trinajstić information content (AvgIpc) is 3.29. The van der Waals surface area contributed by atoms with Crippen molar-refractivity contribution < 1.29 is 9.53 Å². The van der Waals surface area contributed by atoms with Crippen molar-refractivity contribution in [3.8, 4) is 22.8 Å². The van der Waals surface area contributed by atoms with Gasteiger partial charge in [0.05, 0.1) is 29.1 Å². The fourth-order valence-electron chi connectivity index (χ4n) is 3.07. The predicted octanol–water partition coefficient (Wildman–Crippen LogP) is 5.49. The molecule has 4 aromatic rings. The lowest BCUT2D eigenvalue weighted by Crippen LogP contribution is -2.20. The number of nitrogens with zero attached hydrogens (tertiary/aromatic N) is 4. The molecule has 0 unspecified atom stereocenters. The van der Waals surface area contributed by atoms with Crippen LogP contribution in [0.1, 0.15) is 5.56 Å². The molecular weight excluding hydrogens is 493 g/mol. The van der Waals surface area contributed by atoms with Gasteiger partial charge in [-0.2, -0.15) is 5.10 Å². The van der Waals surface area contributed by atoms with E-state index in [0.717, 1.165) is 17.0 Å². The lowest BCUT2D eigenvalue weighted by Gasteiger charge is -2.10. The molecule has 10 heteroatoms. The third-order valence-electron chi connectivity index (χ3n) is 4.71. The van der Waals surface area contributed by atoms with E-state index >= 15 is 0 Å². The molecule has 0 fully saturated rings. The molecule has 0 aliphatic heterocycles. The fourth-order valence-corrected chi connectivity index (χ4v) is 4.30. The van der Waals surface area contributed by atoms with Gasteiger partial charge in [0.25, 0.3) is 5.91 Å². The third-order valence-corrected chi connectivity index (χ3v) is 6.30. The number of benzene rings is 3. The molecule has 1 aromatic heterocycles. The molecule has 4 rings (SSSR count). The highest BCUT2D eigenvalue weighted by Crippen LogP contribution is 2.29. The van der Waals surface area contributed by atoms with E-state index in [-0.39, 0.29) is 11.7 Å². The molecule has 0 radical (unpaired) electrons. The molecule has 3 aromatic carbocycles. The molecule has 0 spiro atoms. The maximum Gasteiger partial charge on any atom is 0.250 e. The molecule has 0 saturated heterocycles. The summed E-state index contributed by atoms with van der Waals surface area (Å²) in [4.78, 5) is 12.4. The fraction of sp³-hybridized carbons (Fsp3) is 0.0833. The van der Waals surface area contributed by atoms with E-state index in [2.05, 4.69) is 20.7 Å². The average molecular weight is 512 g/mol. The second kappa shape index (κ2) is 11.2. The zero-order chi connectivity index (χ0) is 23.9. The van der Waals surface area contributed by atoms with Gasteiger partial charge in [0.2, 0.25) is 0 Å². The minimum Gasteiger partial charge on any atom is -0.497 e. The predicted molar refractivity (Wildman–Crippen MR) is 136 cm³/mol. The van der Waals surface area contributed by atoms with E-state index in [0.29, 0.717) is 26.6 Å². The van der Waals surface area contributed by atoms with Crippen LogP contribution < -0.4 is 10.2 Å². The van der Waals surface area contributed by atoms with Gasteiger partial charge in [0, 0.05) is 16.8 Å². The molecule has 1 heterocycles. The Balaban J connectivity index is 1.51. The number of halogens is 2. The highest BCUT2D eigenvalue weighted by molar-refractivity contribution is 7.99. The Labute approximate surface area is 210 Å². The van der Waals surface area contributed by atoms with Crippen LogP contribution in [0.5, 0.6) is 5.75 Å². The van der Waals surface area contributed by atoms with Crippen LogP contribution in [0.4, 0.5) is 0 Å². The molecular formula is C24H19Cl2N5O2S. The molecule has 172 valence electrons. The Bertz CT molecular complexity index is 1290. The molecule has 0 bridgehead atoms. The molecule has 0 atom stereocenters. The van der Waals surface area contributed by atoms with Crippen molar-refractivity contribution in [2.24, 2.45) is 5.10 Å². The van der Waals surface area contributed by atoms with Crippen LogP contribution in [0.15, 0.2) is 83.1 Å². The molecule has 1 amide bonds. The maximum absolute atomic E-state index is 12.4. The van der Waals surface area contributed by atoms with E-state index in [1.165, 1.54) is 18.0 Å². The zero-order valence-electron chi connectivity index (χ0n) is 18.0. The van der Waals surface area contributed by atoms with Crippen molar-refractivity contribution in [3.63, 3.8) is 0 Å². The number of carbonyl (C=O) groups is 1. The molecule has 34 heavy (non-hydrogen) atoms. The summed E-state index contributed by atoms with van der Waals surface area (Å²) in [5, 5.41) is 14.1. The van der Waals surface area contributed by atoms with Crippen molar-refractivity contribution in [1.29, 1.82) is 0 Å². The van der Waals surface area contributed by atoms with Crippen molar-refractivity contribution >= 4 is 47.1 Å². The van der Waals surface area contributed by atoms with Crippen LogP contribution in [0.2, 0.25) is 10.0 Å². The Kier molecular flexibility index (Phi) is 7.84. The lowest BCUT2D eigenvalue weighted by atomic mass is 10.2. The highest BCUT2D eigenvalue weighted by Gasteiger charge is 2.17. The zero-order valence-corrected chi connectivity index (χ0v) is 20.3. The number of rotatable bonds is 8. The van der Waals surface area contributed by atoms with Crippen LogP contribution in [-0.4, -0.2) is 39.7 Å². The quantitative estimate of drug-likeness (QED) is 0.192. The van der Waals surface area contributed by atoms with Gasteiger partial charge in [-0.1, -0.05) is 59.2 Å². The Morgan fingerprint density at radius 1 is 1.03 bits per heavy atom. The standard InChI is InChI=1S/C24H19Cl2N5O2S/c1-33-18-12-10-16(11-13-18)23-29-30-24(31(23)17-6-3-2-4-7-17)34-15-22(32)28-27-14-19-20(25)8-5-9-21(19)26/h2-14H,15H2,1H3,(H,28,32)/b27-14-. The van der Waals surface area contributed by atoms with Crippen molar-refractivity contribution in [2.75, 3.05) is 12.9 Å². The summed E-state index contributed by atoms with van der Waals surface area (Å²) in [7, 11) is 1.62. The van der Waals surface area contributed by atoms with Gasteiger partial charge in [-0.3, -0.25) is 9.36 Å². The van der Waals surface area contributed by atoms with Gasteiger partial charge in [0.15, 0.2) is 11.0 Å². The highest BCUT2D eigenvalue weighted by atomic mass is 35.5. The molecule has 0 aliphatic carbocycles. The topological polar surface area (TPSA) is 81.4 Å². The van der Waals surface area contributed by atoms with Gasteiger partial charge < -0.3 is 4.74 Å². The SMILES string of the molecule is COc1ccc(-c2nnc(SCC(=O)N/N=C\c3c(Cl)cccc3Cl)n2-c2ccccc2)cc1. The molecule has 1 N–H and O–H groups in total. The first kappa shape index (κ1) is 23.8. The number of methoxy groups -OCH3 is 1. The Morgan fingerprint density at radius 3 is 2.41 bits per heavy atom. The first-order valence-electron chi connectivity index (χ1n) is 10.1. The number of para-hydroxylation sites is 1. The van der Waals surface area contributed by atoms with Crippen LogP contribution in [0, 0.1) is 0 Å². The monoisotopic (exact) mass is 511 g/mol. The number of hydrogen-bond donors (Lipinski definition) is 1. The number of thioether (sulfide) groups is 1. The van der Waals surface area contributed by atoms with E-state index in [1.807, 2.05) is 59.2 Å². The summed E-state index contributed by atoms with van der Waals surface area (Å²) in [5.74, 6) is 1.18. The summed E-state index contributed by atoms with van der Waals surface area (Å²) in [6.07, 6.45) is 1.42. The normalized spacial score (nSPS) is 11.0. The molecule has 7 nitrogen and oxygen atoms in total. The van der Waals surface area contributed by atoms with E-state index in [4.69, 9.17) is 27.9 Å². The summed E-state index contributed by atoms with van der Waals surface area (Å²) in [6, 6.07) is 22.4. The van der Waals surface area contributed by atoms with Gasteiger partial charge in [-0.05, 0) is 48.5 Å². The van der Waals surface area contributed by atoms with Crippen molar-refractivity contribution in [1.82, 2.24) is 20.2 Å². The lowest BCUT2D eigenvalue weighted by molar-refractivity contribution is -0.118. The number of ether oxygens (including phenoxy) is 1. The minimum absolute atomic E-state index is 0.0845. The Morgan fingerprint density at radius 2 is 1.74 bits per heavy atom. The van der Waals surface area contributed by atoms with Gasteiger partial charge in [-0.15, -0.1) is 10.2 Å². The first-order chi connectivity index (χ1) is 16.6. The summed E-state index contributed by atoms with van der Waals surface area (Å²) < 4.78 is 7.16. The Hall–Kier alpha value is -3.33. The number of aromatic nitrogens is 3. The number of nitrogens with one attached hydrogen (secondary N) is 1. The second-order valence-electron chi connectivity index (χ2n) is 6.92. The number of hydrazone groups is 1. The smallest absolute Gasteiger partial charge is 0.250 e. The minimum atomic E-state index is -0.307. The summed E-state index contributed by atoms with van der Waals surface area (Å²) in [6.45, 7) is 0. The first-order valence-corrected chi connectivity index (χ1v) is 11.8. The maximum atomic E-state index is 12.4. The summed E-state index contributed by atoms with van der Waals surface area (Å²) >= 11 is 13.5. The third kappa shape index (κ3) is 5.59. The largest absolute Gasteiger partial charge is 0.497 e. The van der Waals surface area contributed by atoms with Crippen molar-refractivity contribution in [3.05, 3.63) is 88.4 Å². The van der Waals surface area contributed by atoms with E-state index in [9.17, 15) is 4.79 Å². The molecule has 0 aliphatic rings. The van der Waals surface area contributed by atoms with Crippen molar-refractivity contribution in [2.45, 2.75) is 5.16 Å². The van der Waals surface area contributed by atoms with Crippen LogP contribution in [0.25, 0.3) is 17.1 Å². The van der Waals surface area contributed by atoms with E-state index < -0.39 is 0 Å². The van der Waals surface area contributed by atoms with Crippen LogP contribution in [-0.2, 0) is 4.79 Å². The second-order valence-corrected chi connectivity index (χ2v) is 8.68. The summed E-state index contributed by atoms with van der Waals surface area (Å²) in [5.41, 5.74) is 4.77. The van der Waals surface area contributed by atoms with Gasteiger partial charge in [-0.25, -0.2) is 5.43 Å². The number of hydrogen-bond acceptors (Lipinski definition) is 6. The number of carbonyl (C=O) groups excluding carboxylic acids is 1. The van der Waals surface area contributed by atoms with Gasteiger partial charge >= 0.3 is 0 Å². The van der Waals surface area contributed by atoms with Crippen LogP contribution in [0.3, 0.4) is 0 Å².